The summed E-state index contributed by atoms with van der Waals surface area (Å²) in [4.78, 5) is 38.9. The molecule has 2 aromatic rings. The van der Waals surface area contributed by atoms with Crippen LogP contribution in [0.1, 0.15) is 43.5 Å². The van der Waals surface area contributed by atoms with Crippen molar-refractivity contribution in [1.82, 2.24) is 20.0 Å². The van der Waals surface area contributed by atoms with Crippen molar-refractivity contribution in [2.24, 2.45) is 5.92 Å². The summed E-state index contributed by atoms with van der Waals surface area (Å²) < 4.78 is 16.3. The Hall–Kier alpha value is -2.78. The van der Waals surface area contributed by atoms with Gasteiger partial charge in [-0.2, -0.15) is 5.10 Å². The molecule has 7 nitrogen and oxygen atoms in total. The summed E-state index contributed by atoms with van der Waals surface area (Å²) in [6.45, 7) is 2.68. The molecule has 180 valence electrons. The van der Waals surface area contributed by atoms with Gasteiger partial charge in [0.1, 0.15) is 12.4 Å². The predicted octanol–water partition coefficient (Wildman–Crippen LogP) is 3.23. The third-order valence-electron chi connectivity index (χ3n) is 6.18. The topological polar surface area (TPSA) is 84.3 Å². The van der Waals surface area contributed by atoms with Crippen molar-refractivity contribution < 1.29 is 18.8 Å². The van der Waals surface area contributed by atoms with Crippen molar-refractivity contribution in [1.29, 1.82) is 0 Å². The molecule has 4 rings (SSSR count). The van der Waals surface area contributed by atoms with Crippen molar-refractivity contribution in [3.63, 3.8) is 0 Å². The molecule has 0 spiro atoms. The van der Waals surface area contributed by atoms with Gasteiger partial charge in [0.15, 0.2) is 10.9 Å². The van der Waals surface area contributed by atoms with E-state index in [9.17, 15) is 18.8 Å². The van der Waals surface area contributed by atoms with E-state index in [1.54, 1.807) is 43.0 Å². The number of aromatic nitrogens is 2. The van der Waals surface area contributed by atoms with Crippen LogP contribution >= 0.6 is 11.8 Å². The second-order valence-electron chi connectivity index (χ2n) is 8.79. The summed E-state index contributed by atoms with van der Waals surface area (Å²) in [5, 5.41) is 7.01. The molecule has 9 heteroatoms. The zero-order chi connectivity index (χ0) is 24.2. The Morgan fingerprint density at radius 2 is 2.00 bits per heavy atom. The Bertz CT molecular complexity index is 1110. The van der Waals surface area contributed by atoms with E-state index >= 15 is 0 Å². The molecule has 2 heterocycles. The number of halogens is 1. The molecule has 1 aliphatic heterocycles. The quantitative estimate of drug-likeness (QED) is 0.619. The van der Waals surface area contributed by atoms with Gasteiger partial charge in [0, 0.05) is 50.0 Å². The normalized spacial score (nSPS) is 20.8. The number of thioether (sulfide) groups is 1. The van der Waals surface area contributed by atoms with Gasteiger partial charge in [0.25, 0.3) is 0 Å². The molecule has 1 saturated heterocycles. The lowest BCUT2D eigenvalue weighted by atomic mass is 9.93. The molecule has 0 bridgehead atoms. The van der Waals surface area contributed by atoms with Crippen LogP contribution in [0.5, 0.6) is 0 Å². The monoisotopic (exact) mass is 484 g/mol. The largest absolute Gasteiger partial charge is 0.358 e. The first kappa shape index (κ1) is 24.3. The number of likely N-dealkylation sites (N-methyl/N-ethyl adjacent to an activating group) is 1. The lowest BCUT2D eigenvalue weighted by molar-refractivity contribution is -0.126. The Morgan fingerprint density at radius 3 is 2.68 bits per heavy atom. The minimum Gasteiger partial charge on any atom is -0.358 e. The number of nitrogens with one attached hydrogen (secondary N) is 1. The zero-order valence-corrected chi connectivity index (χ0v) is 20.2. The van der Waals surface area contributed by atoms with Gasteiger partial charge in [-0.3, -0.25) is 24.0 Å². The molecular weight excluding hydrogens is 455 g/mol. The molecule has 2 aliphatic rings. The number of hydrogen-bond donors (Lipinski definition) is 1. The summed E-state index contributed by atoms with van der Waals surface area (Å²) in [6.07, 6.45) is 6.02. The highest BCUT2D eigenvalue weighted by atomic mass is 32.2. The number of carbonyl (C=O) groups is 3. The molecule has 1 aromatic carbocycles. The van der Waals surface area contributed by atoms with Crippen LogP contribution in [0.15, 0.2) is 42.1 Å². The third-order valence-corrected chi connectivity index (χ3v) is 7.33. The summed E-state index contributed by atoms with van der Waals surface area (Å²) in [5.74, 6) is -0.471. The maximum absolute atomic E-state index is 14.8. The third kappa shape index (κ3) is 5.82. The van der Waals surface area contributed by atoms with E-state index in [2.05, 4.69) is 10.4 Å². The Balaban J connectivity index is 1.63. The number of benzene rings is 1. The summed E-state index contributed by atoms with van der Waals surface area (Å²) in [5.41, 5.74) is 2.04. The minimum atomic E-state index is -0.647. The number of piperidine rings is 1. The molecule has 0 radical (unpaired) electrons. The number of Topliss-reactive ketones (excluding diaryl/α,β-unsaturated/α-hetero) is 1. The Kier molecular flexibility index (Phi) is 7.63. The van der Waals surface area contributed by atoms with Crippen LogP contribution < -0.4 is 5.32 Å². The van der Waals surface area contributed by atoms with Crippen molar-refractivity contribution in [2.75, 3.05) is 20.1 Å². The van der Waals surface area contributed by atoms with Crippen molar-refractivity contribution >= 4 is 34.6 Å². The molecule has 1 saturated carbocycles. The maximum Gasteiger partial charge on any atom is 0.241 e. The summed E-state index contributed by atoms with van der Waals surface area (Å²) >= 11 is 1.27. The van der Waals surface area contributed by atoms with E-state index in [-0.39, 0.29) is 40.3 Å². The summed E-state index contributed by atoms with van der Waals surface area (Å²) in [7, 11) is 1.57. The van der Waals surface area contributed by atoms with Gasteiger partial charge >= 0.3 is 0 Å². The summed E-state index contributed by atoms with van der Waals surface area (Å²) in [6, 6.07) is 7.66. The fourth-order valence-corrected chi connectivity index (χ4v) is 5.27. The number of amides is 1. The minimum absolute atomic E-state index is 0.0123. The van der Waals surface area contributed by atoms with Crippen molar-refractivity contribution in [3.8, 4) is 0 Å². The van der Waals surface area contributed by atoms with E-state index < -0.39 is 6.04 Å². The molecular formula is C25H29FN4O3S. The highest BCUT2D eigenvalue weighted by Gasteiger charge is 2.41. The lowest BCUT2D eigenvalue weighted by Crippen LogP contribution is -2.43. The molecule has 1 aliphatic carbocycles. The second-order valence-corrected chi connectivity index (χ2v) is 10.2. The van der Waals surface area contributed by atoms with E-state index in [0.717, 1.165) is 18.4 Å². The number of hydrogen-bond acceptors (Lipinski definition) is 6. The molecule has 1 aromatic heterocycles. The SMILES string of the molecule is CNC(=O)Cn1ccc(C=C2CN(C(C(=O)C3CC3)c3ccccc3F)CCC2SC(C)=O)n1. The molecule has 2 unspecified atom stereocenters. The van der Waals surface area contributed by atoms with Gasteiger partial charge in [0.2, 0.25) is 5.91 Å². The number of ketones is 1. The lowest BCUT2D eigenvalue weighted by Gasteiger charge is -2.38. The smallest absolute Gasteiger partial charge is 0.241 e. The predicted molar refractivity (Wildman–Crippen MR) is 129 cm³/mol. The average Bonchev–Trinajstić information content (AvgIpc) is 3.57. The van der Waals surface area contributed by atoms with Crippen LogP contribution in [0.3, 0.4) is 0 Å². The number of rotatable bonds is 8. The van der Waals surface area contributed by atoms with E-state index in [4.69, 9.17) is 0 Å². The van der Waals surface area contributed by atoms with Gasteiger partial charge in [0.05, 0.1) is 11.7 Å². The second kappa shape index (κ2) is 10.7. The van der Waals surface area contributed by atoms with Gasteiger partial charge < -0.3 is 5.32 Å². The van der Waals surface area contributed by atoms with Gasteiger partial charge in [-0.15, -0.1) is 0 Å². The first-order chi connectivity index (χ1) is 16.4. The van der Waals surface area contributed by atoms with Crippen LogP contribution in [0.25, 0.3) is 6.08 Å². The van der Waals surface area contributed by atoms with Crippen LogP contribution in [-0.4, -0.2) is 56.9 Å². The van der Waals surface area contributed by atoms with Crippen LogP contribution in [0.2, 0.25) is 0 Å². The van der Waals surface area contributed by atoms with Crippen LogP contribution in [0.4, 0.5) is 4.39 Å². The molecule has 2 fully saturated rings. The molecule has 34 heavy (non-hydrogen) atoms. The zero-order valence-electron chi connectivity index (χ0n) is 19.4. The first-order valence-corrected chi connectivity index (χ1v) is 12.4. The standard InChI is InChI=1S/C25H29FN4O3S/c1-16(31)34-22-10-11-29(14-18(22)13-19-9-12-30(28-19)15-23(32)27-2)24(25(33)17-7-8-17)20-5-3-4-6-21(20)26/h3-6,9,12-13,17,22,24H,7-8,10-11,14-15H2,1-2H3,(H,27,32). The molecule has 1 amide bonds. The number of likely N-dealkylation sites (tertiary alicyclic amines) is 1. The van der Waals surface area contributed by atoms with Gasteiger partial charge in [-0.1, -0.05) is 30.0 Å². The number of nitrogens with zero attached hydrogens (tertiary/aromatic N) is 3. The Morgan fingerprint density at radius 1 is 1.24 bits per heavy atom. The molecule has 2 atom stereocenters. The Labute approximate surface area is 202 Å². The number of carbonyl (C=O) groups excluding carboxylic acids is 3. The maximum atomic E-state index is 14.8. The van der Waals surface area contributed by atoms with E-state index in [1.807, 2.05) is 17.0 Å². The van der Waals surface area contributed by atoms with Gasteiger partial charge in [-0.05, 0) is 43.0 Å². The van der Waals surface area contributed by atoms with Gasteiger partial charge in [-0.25, -0.2) is 4.39 Å². The highest BCUT2D eigenvalue weighted by molar-refractivity contribution is 8.14. The average molecular weight is 485 g/mol. The fourth-order valence-electron chi connectivity index (χ4n) is 4.35. The van der Waals surface area contributed by atoms with Crippen molar-refractivity contribution in [3.05, 3.63) is 59.2 Å². The first-order valence-electron chi connectivity index (χ1n) is 11.5. The highest BCUT2D eigenvalue weighted by Crippen LogP contribution is 2.40. The van der Waals surface area contributed by atoms with Crippen molar-refractivity contribution in [2.45, 2.75) is 44.0 Å². The van der Waals surface area contributed by atoms with Crippen LogP contribution in [-0.2, 0) is 20.9 Å². The molecule has 1 N–H and O–H groups in total. The van der Waals surface area contributed by atoms with E-state index in [1.165, 1.54) is 17.8 Å². The fraction of sp³-hybridized carbons (Fsp3) is 0.440. The van der Waals surface area contributed by atoms with Crippen LogP contribution in [0, 0.1) is 11.7 Å². The van der Waals surface area contributed by atoms with E-state index in [0.29, 0.717) is 30.8 Å².